The summed E-state index contributed by atoms with van der Waals surface area (Å²) in [5, 5.41) is 23.3. The lowest BCUT2D eigenvalue weighted by atomic mass is 9.83. The van der Waals surface area contributed by atoms with Gasteiger partial charge in [-0.15, -0.1) is 5.10 Å². The zero-order valence-corrected chi connectivity index (χ0v) is 10.0. The summed E-state index contributed by atoms with van der Waals surface area (Å²) in [5.74, 6) is 0.585. The van der Waals surface area contributed by atoms with Crippen LogP contribution >= 0.6 is 0 Å². The second-order valence-electron chi connectivity index (χ2n) is 4.85. The molecule has 90 valence electrons. The van der Waals surface area contributed by atoms with E-state index < -0.39 is 0 Å². The van der Waals surface area contributed by atoms with Crippen LogP contribution in [0.5, 0.6) is 0 Å². The van der Waals surface area contributed by atoms with E-state index in [4.69, 9.17) is 5.26 Å². The van der Waals surface area contributed by atoms with Crippen LogP contribution in [0.3, 0.4) is 0 Å². The Morgan fingerprint density at radius 1 is 1.65 bits per heavy atom. The van der Waals surface area contributed by atoms with Gasteiger partial charge in [0.25, 0.3) is 0 Å². The highest BCUT2D eigenvalue weighted by Crippen LogP contribution is 2.25. The van der Waals surface area contributed by atoms with Gasteiger partial charge in [0, 0.05) is 13.1 Å². The molecule has 0 bridgehead atoms. The second kappa shape index (κ2) is 5.11. The third-order valence-electron chi connectivity index (χ3n) is 3.21. The molecule has 1 aromatic heterocycles. The van der Waals surface area contributed by atoms with Crippen molar-refractivity contribution < 1.29 is 0 Å². The van der Waals surface area contributed by atoms with E-state index in [1.165, 1.54) is 19.0 Å². The Hall–Kier alpha value is -1.67. The fraction of sp³-hybridized carbons (Fsp3) is 0.583. The molecule has 0 aliphatic carbocycles. The van der Waals surface area contributed by atoms with Gasteiger partial charge in [-0.1, -0.05) is 6.92 Å². The molecular weight excluding hydrogens is 214 g/mol. The molecule has 17 heavy (non-hydrogen) atoms. The molecule has 2 N–H and O–H groups in total. The van der Waals surface area contributed by atoms with Gasteiger partial charge in [0.05, 0.1) is 11.8 Å². The summed E-state index contributed by atoms with van der Waals surface area (Å²) in [4.78, 5) is 0. The molecule has 2 rings (SSSR count). The van der Waals surface area contributed by atoms with E-state index in [2.05, 4.69) is 33.8 Å². The van der Waals surface area contributed by atoms with E-state index in [0.29, 0.717) is 11.4 Å². The molecule has 1 fully saturated rings. The number of nitriles is 1. The molecule has 1 atom stereocenters. The van der Waals surface area contributed by atoms with Gasteiger partial charge in [-0.2, -0.15) is 10.4 Å². The maximum absolute atomic E-state index is 8.95. The lowest BCUT2D eigenvalue weighted by Crippen LogP contribution is -2.42. The summed E-state index contributed by atoms with van der Waals surface area (Å²) in [7, 11) is 0. The summed E-state index contributed by atoms with van der Waals surface area (Å²) in [6.45, 7) is 5.16. The van der Waals surface area contributed by atoms with Crippen LogP contribution in [0.1, 0.15) is 25.3 Å². The Bertz CT molecular complexity index is 417. The van der Waals surface area contributed by atoms with Gasteiger partial charge in [0.15, 0.2) is 5.82 Å². The predicted molar refractivity (Wildman–Crippen MR) is 65.4 cm³/mol. The van der Waals surface area contributed by atoms with Crippen molar-refractivity contribution in [2.75, 3.05) is 25.0 Å². The third-order valence-corrected chi connectivity index (χ3v) is 3.21. The topological polar surface area (TPSA) is 73.6 Å². The average Bonchev–Trinajstić information content (AvgIpc) is 2.38. The largest absolute Gasteiger partial charge is 0.367 e. The Balaban J connectivity index is 2.00. The molecule has 0 amide bonds. The Kier molecular flexibility index (Phi) is 3.55. The van der Waals surface area contributed by atoms with E-state index in [1.54, 1.807) is 6.07 Å². The van der Waals surface area contributed by atoms with Crippen LogP contribution in [0.15, 0.2) is 12.3 Å². The van der Waals surface area contributed by atoms with Crippen molar-refractivity contribution in [2.45, 2.75) is 19.8 Å². The van der Waals surface area contributed by atoms with Gasteiger partial charge < -0.3 is 10.6 Å². The number of piperidine rings is 1. The first-order chi connectivity index (χ1) is 8.23. The number of hydrogen-bond acceptors (Lipinski definition) is 5. The molecule has 0 radical (unpaired) electrons. The van der Waals surface area contributed by atoms with Crippen LogP contribution in [0.25, 0.3) is 0 Å². The quantitative estimate of drug-likeness (QED) is 0.816. The zero-order chi connectivity index (χ0) is 12.1. The van der Waals surface area contributed by atoms with Crippen LogP contribution in [0, 0.1) is 16.7 Å². The smallest absolute Gasteiger partial charge is 0.166 e. The Morgan fingerprint density at radius 2 is 2.53 bits per heavy atom. The molecule has 1 saturated heterocycles. The number of nitrogens with zero attached hydrogens (tertiary/aromatic N) is 3. The number of rotatable bonds is 3. The fourth-order valence-corrected chi connectivity index (χ4v) is 2.12. The molecule has 5 heteroatoms. The third kappa shape index (κ3) is 2.92. The lowest BCUT2D eigenvalue weighted by molar-refractivity contribution is 0.253. The second-order valence-corrected chi connectivity index (χ2v) is 4.85. The maximum Gasteiger partial charge on any atom is 0.166 e. The number of hydrogen-bond donors (Lipinski definition) is 2. The number of nitrogens with one attached hydrogen (secondary N) is 2. The Morgan fingerprint density at radius 3 is 3.24 bits per heavy atom. The standard InChI is InChI=1S/C12H17N5/c1-12(4-2-5-14-8-12)9-15-11-10(7-13)3-6-16-17-11/h3,6,14H,2,4-5,8-9H2,1H3,(H,15,17). The molecule has 0 spiro atoms. The molecule has 1 aliphatic heterocycles. The van der Waals surface area contributed by atoms with E-state index >= 15 is 0 Å². The lowest BCUT2D eigenvalue weighted by Gasteiger charge is -2.34. The highest BCUT2D eigenvalue weighted by atomic mass is 15.2. The number of anilines is 1. The van der Waals surface area contributed by atoms with Crippen molar-refractivity contribution in [2.24, 2.45) is 5.41 Å². The fourth-order valence-electron chi connectivity index (χ4n) is 2.12. The molecule has 1 aromatic rings. The maximum atomic E-state index is 8.95. The summed E-state index contributed by atoms with van der Waals surface area (Å²) >= 11 is 0. The SMILES string of the molecule is CC1(CNc2nnccc2C#N)CCCNC1. The van der Waals surface area contributed by atoms with Crippen molar-refractivity contribution in [1.82, 2.24) is 15.5 Å². The van der Waals surface area contributed by atoms with Gasteiger partial charge in [0.1, 0.15) is 6.07 Å². The van der Waals surface area contributed by atoms with Gasteiger partial charge in [-0.25, -0.2) is 0 Å². The minimum Gasteiger partial charge on any atom is -0.367 e. The first-order valence-electron chi connectivity index (χ1n) is 5.90. The molecule has 2 heterocycles. The molecular formula is C12H17N5. The first-order valence-corrected chi connectivity index (χ1v) is 5.90. The van der Waals surface area contributed by atoms with Gasteiger partial charge in [0.2, 0.25) is 0 Å². The summed E-state index contributed by atoms with van der Waals surface area (Å²) in [6, 6.07) is 3.79. The van der Waals surface area contributed by atoms with Gasteiger partial charge in [-0.3, -0.25) is 0 Å². The molecule has 0 saturated carbocycles. The van der Waals surface area contributed by atoms with Crippen LogP contribution in [0.2, 0.25) is 0 Å². The van der Waals surface area contributed by atoms with Crippen LogP contribution in [0.4, 0.5) is 5.82 Å². The zero-order valence-electron chi connectivity index (χ0n) is 10.0. The van der Waals surface area contributed by atoms with Crippen molar-refractivity contribution in [1.29, 1.82) is 5.26 Å². The van der Waals surface area contributed by atoms with Gasteiger partial charge in [-0.05, 0) is 30.9 Å². The van der Waals surface area contributed by atoms with E-state index in [1.807, 2.05) is 0 Å². The molecule has 1 unspecified atom stereocenters. The molecule has 1 aliphatic rings. The Labute approximate surface area is 101 Å². The minimum atomic E-state index is 0.225. The normalized spacial score (nSPS) is 24.0. The van der Waals surface area contributed by atoms with Gasteiger partial charge >= 0.3 is 0 Å². The predicted octanol–water partition coefficient (Wildman–Crippen LogP) is 1.15. The van der Waals surface area contributed by atoms with Crippen molar-refractivity contribution >= 4 is 5.82 Å². The first kappa shape index (κ1) is 11.8. The van der Waals surface area contributed by atoms with Crippen LogP contribution in [-0.4, -0.2) is 29.8 Å². The van der Waals surface area contributed by atoms with Crippen LogP contribution < -0.4 is 10.6 Å². The van der Waals surface area contributed by atoms with Crippen molar-refractivity contribution in [3.63, 3.8) is 0 Å². The van der Waals surface area contributed by atoms with Crippen molar-refractivity contribution in [3.05, 3.63) is 17.8 Å². The molecule has 5 nitrogen and oxygen atoms in total. The van der Waals surface area contributed by atoms with E-state index in [-0.39, 0.29) is 5.41 Å². The summed E-state index contributed by atoms with van der Waals surface area (Å²) in [6.07, 6.45) is 3.92. The monoisotopic (exact) mass is 231 g/mol. The van der Waals surface area contributed by atoms with E-state index in [0.717, 1.165) is 19.6 Å². The highest BCUT2D eigenvalue weighted by Gasteiger charge is 2.26. The summed E-state index contributed by atoms with van der Waals surface area (Å²) < 4.78 is 0. The van der Waals surface area contributed by atoms with Crippen LogP contribution in [-0.2, 0) is 0 Å². The minimum absolute atomic E-state index is 0.225. The van der Waals surface area contributed by atoms with E-state index in [9.17, 15) is 0 Å². The highest BCUT2D eigenvalue weighted by molar-refractivity contribution is 5.50. The number of aromatic nitrogens is 2. The van der Waals surface area contributed by atoms with Crippen molar-refractivity contribution in [3.8, 4) is 6.07 Å². The molecule has 0 aromatic carbocycles. The average molecular weight is 231 g/mol. The summed E-state index contributed by atoms with van der Waals surface area (Å²) in [5.41, 5.74) is 0.773.